The second kappa shape index (κ2) is 11.5. The number of isocyanates is 2. The molecule has 0 fully saturated rings. The van der Waals surface area contributed by atoms with Crippen LogP contribution in [0.25, 0.3) is 0 Å². The molecule has 3 atom stereocenters. The van der Waals surface area contributed by atoms with Crippen LogP contribution in [-0.4, -0.2) is 51.4 Å². The Morgan fingerprint density at radius 1 is 0.800 bits per heavy atom. The second-order valence-electron chi connectivity index (χ2n) is 5.34. The summed E-state index contributed by atoms with van der Waals surface area (Å²) in [6.07, 6.45) is 2.18. The predicted octanol–water partition coefficient (Wildman–Crippen LogP) is 0.498. The Balaban J connectivity index is 3.85. The summed E-state index contributed by atoms with van der Waals surface area (Å²) in [5, 5.41) is 8.85. The van der Waals surface area contributed by atoms with Crippen LogP contribution in [0.1, 0.15) is 34.9 Å². The Morgan fingerprint density at radius 3 is 1.53 bits per heavy atom. The van der Waals surface area contributed by atoms with Gasteiger partial charge < -0.3 is 18.9 Å². The van der Waals surface area contributed by atoms with Gasteiger partial charge in [-0.2, -0.15) is 15.2 Å². The Labute approximate surface area is 169 Å². The smallest absolute Gasteiger partial charge is 0.353 e. The zero-order valence-corrected chi connectivity index (χ0v) is 16.0. The second-order valence-corrected chi connectivity index (χ2v) is 5.34. The minimum atomic E-state index is -1.60. The Morgan fingerprint density at radius 2 is 1.20 bits per heavy atom. The summed E-state index contributed by atoms with van der Waals surface area (Å²) in [4.78, 5) is 64.4. The normalized spacial score (nSPS) is 12.5. The topological polar surface area (TPSA) is 171 Å². The van der Waals surface area contributed by atoms with Gasteiger partial charge in [-0.1, -0.05) is 6.07 Å². The van der Waals surface area contributed by atoms with E-state index in [0.29, 0.717) is 0 Å². The highest BCUT2D eigenvalue weighted by Gasteiger charge is 2.31. The fourth-order valence-corrected chi connectivity index (χ4v) is 2.44. The third kappa shape index (κ3) is 5.59. The molecular formula is C18H15N3O9. The summed E-state index contributed by atoms with van der Waals surface area (Å²) in [7, 11) is 3.14. The van der Waals surface area contributed by atoms with E-state index in [1.807, 2.05) is 0 Å². The van der Waals surface area contributed by atoms with E-state index in [9.17, 15) is 24.0 Å². The van der Waals surface area contributed by atoms with Crippen LogP contribution in [0.4, 0.5) is 0 Å². The van der Waals surface area contributed by atoms with Crippen molar-refractivity contribution < 1.29 is 42.9 Å². The van der Waals surface area contributed by atoms with Gasteiger partial charge in [0.05, 0.1) is 21.3 Å². The molecule has 0 spiro atoms. The van der Waals surface area contributed by atoms with Crippen LogP contribution < -0.4 is 0 Å². The van der Waals surface area contributed by atoms with Crippen molar-refractivity contribution in [2.24, 2.45) is 9.98 Å². The number of carbonyl (C=O) groups is 3. The monoisotopic (exact) mass is 417 g/mol. The molecule has 0 saturated heterocycles. The molecule has 1 aromatic carbocycles. The molecule has 30 heavy (non-hydrogen) atoms. The van der Waals surface area contributed by atoms with Gasteiger partial charge in [0, 0.05) is 5.56 Å². The molecule has 3 unspecified atom stereocenters. The van der Waals surface area contributed by atoms with Crippen molar-refractivity contribution in [3.05, 3.63) is 34.9 Å². The zero-order valence-electron chi connectivity index (χ0n) is 16.0. The van der Waals surface area contributed by atoms with Gasteiger partial charge in [0.1, 0.15) is 0 Å². The standard InChI is InChI=1S/C18H15N3O9/c1-27-16(24)13(20-8-22)10-4-11(14(21-9-23)17(25)28-2)6-12(5-10)15(30-7-19)18(26)29-3/h4-6,13-15H,1-3H3. The van der Waals surface area contributed by atoms with E-state index in [1.165, 1.54) is 36.6 Å². The molecule has 0 aliphatic heterocycles. The number of hydrogen-bond donors (Lipinski definition) is 0. The number of benzene rings is 1. The molecular weight excluding hydrogens is 402 g/mol. The molecule has 0 aliphatic carbocycles. The number of carbonyl (C=O) groups excluding carboxylic acids is 5. The summed E-state index contributed by atoms with van der Waals surface area (Å²) in [5.41, 5.74) is -0.174. The first-order valence-electron chi connectivity index (χ1n) is 7.95. The van der Waals surface area contributed by atoms with Crippen molar-refractivity contribution in [1.29, 1.82) is 5.26 Å². The quantitative estimate of drug-likeness (QED) is 0.181. The molecule has 0 aromatic heterocycles. The molecule has 0 amide bonds. The zero-order chi connectivity index (χ0) is 22.7. The summed E-state index contributed by atoms with van der Waals surface area (Å²) in [5.74, 6) is -2.92. The van der Waals surface area contributed by atoms with Gasteiger partial charge in [0.25, 0.3) is 6.26 Å². The van der Waals surface area contributed by atoms with E-state index in [1.54, 1.807) is 0 Å². The number of ether oxygens (including phenoxy) is 4. The molecule has 0 aliphatic rings. The van der Waals surface area contributed by atoms with Crippen LogP contribution in [0.3, 0.4) is 0 Å². The van der Waals surface area contributed by atoms with Crippen LogP contribution in [0, 0.1) is 11.5 Å². The Hall–Kier alpha value is -4.32. The van der Waals surface area contributed by atoms with E-state index < -0.39 is 36.1 Å². The number of methoxy groups -OCH3 is 3. The van der Waals surface area contributed by atoms with E-state index in [4.69, 9.17) is 10.00 Å². The summed E-state index contributed by atoms with van der Waals surface area (Å²) < 4.78 is 18.5. The third-order valence-corrected chi connectivity index (χ3v) is 3.73. The SMILES string of the molecule is COC(=O)C(N=C=O)c1cc(C(N=C=O)C(=O)OC)cc(C(OC#N)C(=O)OC)c1. The third-order valence-electron chi connectivity index (χ3n) is 3.73. The van der Waals surface area contributed by atoms with Crippen LogP contribution in [0.15, 0.2) is 28.2 Å². The fraction of sp³-hybridized carbons (Fsp3) is 0.333. The van der Waals surface area contributed by atoms with Crippen LogP contribution in [-0.2, 0) is 42.9 Å². The molecule has 12 nitrogen and oxygen atoms in total. The van der Waals surface area contributed by atoms with Crippen molar-refractivity contribution >= 4 is 30.1 Å². The highest BCUT2D eigenvalue weighted by atomic mass is 16.6. The van der Waals surface area contributed by atoms with Crippen LogP contribution >= 0.6 is 0 Å². The van der Waals surface area contributed by atoms with Gasteiger partial charge >= 0.3 is 17.9 Å². The van der Waals surface area contributed by atoms with Gasteiger partial charge in [-0.25, -0.2) is 24.0 Å². The summed E-state index contributed by atoms with van der Waals surface area (Å²) >= 11 is 0. The maximum absolute atomic E-state index is 12.0. The van der Waals surface area contributed by atoms with Gasteiger partial charge in [-0.3, -0.25) is 0 Å². The molecule has 0 heterocycles. The predicted molar refractivity (Wildman–Crippen MR) is 93.7 cm³/mol. The van der Waals surface area contributed by atoms with Crippen molar-refractivity contribution in [3.8, 4) is 6.26 Å². The molecule has 0 N–H and O–H groups in total. The lowest BCUT2D eigenvalue weighted by molar-refractivity contribution is -0.150. The van der Waals surface area contributed by atoms with E-state index in [-0.39, 0.29) is 16.7 Å². The number of aliphatic imine (C=N–C) groups is 2. The summed E-state index contributed by atoms with van der Waals surface area (Å²) in [6.45, 7) is 0. The van der Waals surface area contributed by atoms with Gasteiger partial charge in [-0.15, -0.1) is 0 Å². The van der Waals surface area contributed by atoms with Crippen molar-refractivity contribution in [2.75, 3.05) is 21.3 Å². The highest BCUT2D eigenvalue weighted by Crippen LogP contribution is 2.31. The maximum atomic E-state index is 12.0. The maximum Gasteiger partial charge on any atom is 0.353 e. The number of nitrogens with zero attached hydrogens (tertiary/aromatic N) is 3. The Bertz CT molecular complexity index is 900. The highest BCUT2D eigenvalue weighted by molar-refractivity contribution is 5.82. The molecule has 156 valence electrons. The van der Waals surface area contributed by atoms with Crippen molar-refractivity contribution in [2.45, 2.75) is 18.2 Å². The van der Waals surface area contributed by atoms with E-state index in [0.717, 1.165) is 21.3 Å². The van der Waals surface area contributed by atoms with E-state index >= 15 is 0 Å². The number of esters is 3. The molecule has 0 radical (unpaired) electrons. The minimum Gasteiger partial charge on any atom is -0.467 e. The molecule has 1 aromatic rings. The molecule has 0 bridgehead atoms. The van der Waals surface area contributed by atoms with Crippen molar-refractivity contribution in [1.82, 2.24) is 0 Å². The molecule has 12 heteroatoms. The number of rotatable bonds is 9. The van der Waals surface area contributed by atoms with Crippen LogP contribution in [0.2, 0.25) is 0 Å². The van der Waals surface area contributed by atoms with E-state index in [2.05, 4.69) is 24.2 Å². The lowest BCUT2D eigenvalue weighted by Gasteiger charge is -2.18. The van der Waals surface area contributed by atoms with Crippen molar-refractivity contribution in [3.63, 3.8) is 0 Å². The van der Waals surface area contributed by atoms with Gasteiger partial charge in [-0.05, 0) is 23.3 Å². The average molecular weight is 417 g/mol. The Kier molecular flexibility index (Phi) is 9.10. The lowest BCUT2D eigenvalue weighted by atomic mass is 9.94. The first-order valence-corrected chi connectivity index (χ1v) is 7.95. The summed E-state index contributed by atoms with van der Waals surface area (Å²) in [6, 6.07) is 0.526. The first kappa shape index (κ1) is 23.7. The fourth-order valence-electron chi connectivity index (χ4n) is 2.44. The number of nitriles is 1. The average Bonchev–Trinajstić information content (AvgIpc) is 2.77. The first-order chi connectivity index (χ1) is 14.4. The lowest BCUT2D eigenvalue weighted by Crippen LogP contribution is -2.19. The minimum absolute atomic E-state index is 0.0526. The van der Waals surface area contributed by atoms with Crippen LogP contribution in [0.5, 0.6) is 0 Å². The van der Waals surface area contributed by atoms with Gasteiger partial charge in [0.15, 0.2) is 12.1 Å². The molecule has 1 rings (SSSR count). The largest absolute Gasteiger partial charge is 0.467 e. The molecule has 0 saturated carbocycles. The van der Waals surface area contributed by atoms with Gasteiger partial charge in [0.2, 0.25) is 18.3 Å². The number of hydrogen-bond acceptors (Lipinski definition) is 12.